The molecule has 1 aromatic heterocycles. The van der Waals surface area contributed by atoms with E-state index in [1.807, 2.05) is 36.1 Å². The van der Waals surface area contributed by atoms with Crippen LogP contribution in [0.3, 0.4) is 0 Å². The van der Waals surface area contributed by atoms with Crippen LogP contribution in [0.15, 0.2) is 24.3 Å². The van der Waals surface area contributed by atoms with Crippen molar-refractivity contribution in [2.24, 2.45) is 0 Å². The van der Waals surface area contributed by atoms with Gasteiger partial charge in [0.1, 0.15) is 0 Å². The number of thiazole rings is 1. The Labute approximate surface area is 180 Å². The van der Waals surface area contributed by atoms with Gasteiger partial charge in [0.05, 0.1) is 16.8 Å². The molecule has 0 bridgehead atoms. The molecule has 2 aromatic rings. The Morgan fingerprint density at radius 3 is 2.59 bits per heavy atom. The average molecular weight is 434 g/mol. The molecule has 0 unspecified atom stereocenters. The maximum absolute atomic E-state index is 12.3. The van der Waals surface area contributed by atoms with Crippen molar-refractivity contribution >= 4 is 55.6 Å². The van der Waals surface area contributed by atoms with Crippen molar-refractivity contribution in [3.63, 3.8) is 0 Å². The van der Waals surface area contributed by atoms with Gasteiger partial charge in [0.25, 0.3) is 5.91 Å². The Balaban J connectivity index is 1.34. The van der Waals surface area contributed by atoms with Crippen LogP contribution in [0.4, 0.5) is 5.13 Å². The number of fused-ring (bicyclic) bond motifs is 1. The molecule has 1 aliphatic rings. The number of thiocarbonyl (C=S) groups is 1. The zero-order chi connectivity index (χ0) is 20.6. The predicted octanol–water partition coefficient (Wildman–Crippen LogP) is 2.83. The lowest BCUT2D eigenvalue weighted by atomic mass is 10.1. The standard InChI is InChI=1S/C20H27N5O2S2/c1-15(28)6-2-5-9-19(27)25-12-10-24(11-13-25)14-18(26)22-23-20-21-16-7-3-4-8-17(16)29-20/h3-4,7-8H,2,5-6,9-14H2,1H3,(H,21,23)(H,22,26). The Kier molecular flexibility index (Phi) is 7.91. The van der Waals surface area contributed by atoms with Gasteiger partial charge in [-0.25, -0.2) is 4.98 Å². The van der Waals surface area contributed by atoms with Gasteiger partial charge in [0.2, 0.25) is 11.0 Å². The number of unbranched alkanes of at least 4 members (excludes halogenated alkanes) is 1. The van der Waals surface area contributed by atoms with Crippen LogP contribution >= 0.6 is 23.6 Å². The van der Waals surface area contributed by atoms with E-state index in [2.05, 4.69) is 20.7 Å². The van der Waals surface area contributed by atoms with E-state index in [9.17, 15) is 9.59 Å². The van der Waals surface area contributed by atoms with E-state index < -0.39 is 0 Å². The van der Waals surface area contributed by atoms with Gasteiger partial charge in [-0.2, -0.15) is 0 Å². The molecule has 7 nitrogen and oxygen atoms in total. The summed E-state index contributed by atoms with van der Waals surface area (Å²) in [5.41, 5.74) is 6.52. The maximum Gasteiger partial charge on any atom is 0.252 e. The molecule has 156 valence electrons. The number of piperazine rings is 1. The van der Waals surface area contributed by atoms with E-state index in [0.29, 0.717) is 44.3 Å². The minimum absolute atomic E-state index is 0.112. The second-order valence-corrected chi connectivity index (χ2v) is 8.95. The number of nitrogens with zero attached hydrogens (tertiary/aromatic N) is 3. The van der Waals surface area contributed by atoms with Crippen LogP contribution in [0, 0.1) is 0 Å². The van der Waals surface area contributed by atoms with Crippen LogP contribution in [0.1, 0.15) is 32.6 Å². The second-order valence-electron chi connectivity index (χ2n) is 7.23. The third-order valence-corrected chi connectivity index (χ3v) is 6.02. The summed E-state index contributed by atoms with van der Waals surface area (Å²) < 4.78 is 1.07. The van der Waals surface area contributed by atoms with Crippen molar-refractivity contribution < 1.29 is 9.59 Å². The summed E-state index contributed by atoms with van der Waals surface area (Å²) in [7, 11) is 0. The number of benzene rings is 1. The van der Waals surface area contributed by atoms with E-state index in [0.717, 1.165) is 34.3 Å². The lowest BCUT2D eigenvalue weighted by Crippen LogP contribution is -2.51. The predicted molar refractivity (Wildman–Crippen MR) is 121 cm³/mol. The van der Waals surface area contributed by atoms with Gasteiger partial charge in [0, 0.05) is 32.6 Å². The number of anilines is 1. The molecule has 3 rings (SSSR count). The molecule has 0 saturated carbocycles. The van der Waals surface area contributed by atoms with E-state index >= 15 is 0 Å². The van der Waals surface area contributed by atoms with Crippen molar-refractivity contribution in [1.82, 2.24) is 20.2 Å². The van der Waals surface area contributed by atoms with E-state index in [1.165, 1.54) is 11.3 Å². The Morgan fingerprint density at radius 1 is 1.14 bits per heavy atom. The molecule has 0 atom stereocenters. The van der Waals surface area contributed by atoms with Crippen molar-refractivity contribution in [2.75, 3.05) is 38.1 Å². The summed E-state index contributed by atoms with van der Waals surface area (Å²) in [5.74, 6) is 0.0909. The Bertz CT molecular complexity index is 828. The van der Waals surface area contributed by atoms with Gasteiger partial charge in [-0.1, -0.05) is 35.7 Å². The zero-order valence-corrected chi connectivity index (χ0v) is 18.3. The highest BCUT2D eigenvalue weighted by Gasteiger charge is 2.22. The first-order valence-electron chi connectivity index (χ1n) is 9.91. The van der Waals surface area contributed by atoms with Crippen LogP contribution in [-0.4, -0.2) is 64.2 Å². The van der Waals surface area contributed by atoms with Crippen LogP contribution in [0.5, 0.6) is 0 Å². The molecule has 2 heterocycles. The van der Waals surface area contributed by atoms with Gasteiger partial charge >= 0.3 is 0 Å². The molecule has 1 aromatic carbocycles. The number of amides is 2. The summed E-state index contributed by atoms with van der Waals surface area (Å²) in [6, 6.07) is 7.85. The summed E-state index contributed by atoms with van der Waals surface area (Å²) in [5, 5.41) is 0.666. The van der Waals surface area contributed by atoms with E-state index in [-0.39, 0.29) is 11.8 Å². The molecule has 29 heavy (non-hydrogen) atoms. The molecule has 0 aliphatic carbocycles. The number of rotatable bonds is 9. The van der Waals surface area contributed by atoms with Crippen LogP contribution in [0.25, 0.3) is 10.2 Å². The smallest absolute Gasteiger partial charge is 0.252 e. The molecule has 1 saturated heterocycles. The van der Waals surface area contributed by atoms with Gasteiger partial charge < -0.3 is 4.90 Å². The monoisotopic (exact) mass is 433 g/mol. The van der Waals surface area contributed by atoms with E-state index in [4.69, 9.17) is 12.2 Å². The zero-order valence-electron chi connectivity index (χ0n) is 16.6. The lowest BCUT2D eigenvalue weighted by molar-refractivity contribution is -0.133. The van der Waals surface area contributed by atoms with Gasteiger partial charge in [-0.15, -0.1) is 0 Å². The molecule has 2 N–H and O–H groups in total. The number of hydrazine groups is 1. The van der Waals surface area contributed by atoms with Crippen molar-refractivity contribution in [3.05, 3.63) is 24.3 Å². The maximum atomic E-state index is 12.3. The molecule has 1 aliphatic heterocycles. The average Bonchev–Trinajstić information content (AvgIpc) is 3.13. The van der Waals surface area contributed by atoms with Crippen LogP contribution in [0.2, 0.25) is 0 Å². The molecule has 9 heteroatoms. The van der Waals surface area contributed by atoms with Crippen molar-refractivity contribution in [1.29, 1.82) is 0 Å². The number of hydrogen-bond donors (Lipinski definition) is 2. The second kappa shape index (κ2) is 10.6. The number of carbonyl (C=O) groups is 2. The van der Waals surface area contributed by atoms with E-state index in [1.54, 1.807) is 0 Å². The highest BCUT2D eigenvalue weighted by molar-refractivity contribution is 7.80. The first-order valence-corrected chi connectivity index (χ1v) is 11.1. The summed E-state index contributed by atoms with van der Waals surface area (Å²) >= 11 is 6.56. The fourth-order valence-corrected chi connectivity index (χ4v) is 4.22. The SMILES string of the molecule is CC(=S)CCCCC(=O)N1CCN(CC(=O)NNc2nc3ccccc3s2)CC1. The fraction of sp³-hybridized carbons (Fsp3) is 0.500. The summed E-state index contributed by atoms with van der Waals surface area (Å²) in [6.45, 7) is 5.00. The Morgan fingerprint density at radius 2 is 1.86 bits per heavy atom. The Hall–Kier alpha value is -2.10. The molecule has 0 spiro atoms. The first kappa shape index (κ1) is 21.6. The third kappa shape index (κ3) is 6.73. The topological polar surface area (TPSA) is 77.6 Å². The lowest BCUT2D eigenvalue weighted by Gasteiger charge is -2.34. The normalized spacial score (nSPS) is 14.7. The molecule has 0 radical (unpaired) electrons. The number of aromatic nitrogens is 1. The molecular formula is C20H27N5O2S2. The highest BCUT2D eigenvalue weighted by atomic mass is 32.1. The number of carbonyl (C=O) groups excluding carboxylic acids is 2. The van der Waals surface area contributed by atoms with Gasteiger partial charge in [0.15, 0.2) is 0 Å². The number of nitrogens with one attached hydrogen (secondary N) is 2. The van der Waals surface area contributed by atoms with Gasteiger partial charge in [-0.05, 0) is 43.2 Å². The molecule has 1 fully saturated rings. The van der Waals surface area contributed by atoms with Crippen LogP contribution in [-0.2, 0) is 9.59 Å². The fourth-order valence-electron chi connectivity index (χ4n) is 3.26. The first-order chi connectivity index (χ1) is 14.0. The van der Waals surface area contributed by atoms with Crippen LogP contribution < -0.4 is 10.9 Å². The molecule has 2 amide bonds. The van der Waals surface area contributed by atoms with Crippen molar-refractivity contribution in [2.45, 2.75) is 32.6 Å². The quantitative estimate of drug-likeness (QED) is 0.360. The number of hydrogen-bond acceptors (Lipinski definition) is 7. The number of para-hydroxylation sites is 1. The van der Waals surface area contributed by atoms with Crippen molar-refractivity contribution in [3.8, 4) is 0 Å². The highest BCUT2D eigenvalue weighted by Crippen LogP contribution is 2.24. The molecular weight excluding hydrogens is 406 g/mol. The third-order valence-electron chi connectivity index (χ3n) is 4.86. The van der Waals surface area contributed by atoms with Gasteiger partial charge in [-0.3, -0.25) is 25.3 Å². The minimum atomic E-state index is -0.112. The summed E-state index contributed by atoms with van der Waals surface area (Å²) in [6.07, 6.45) is 3.35. The largest absolute Gasteiger partial charge is 0.340 e. The minimum Gasteiger partial charge on any atom is -0.340 e. The summed E-state index contributed by atoms with van der Waals surface area (Å²) in [4.78, 5) is 33.9.